The fraction of sp³-hybridized carbons (Fsp3) is 0.366. The molecule has 0 saturated heterocycles. The van der Waals surface area contributed by atoms with Crippen LogP contribution in [0.15, 0.2) is 77.8 Å². The van der Waals surface area contributed by atoms with E-state index in [4.69, 9.17) is 39.4 Å². The Morgan fingerprint density at radius 1 is 0.820 bits per heavy atom. The standard InChI is InChI=1S/C41H51ClFN11O7/c1-23(2)19-31(39(59)53-32(22-34(44)55)40(60)51-30(36(45)57)20-24-10-13-27(43)14-11-24)52-38(58)29(9-6-17-48-41(46)47)49-35(56)16-18-61-54-33-21-26(42)12-15-28(33)50-37(54)25-7-4-3-5-8-25/h3-5,7-8,10-15,21,23,29-32H,6,9,16-20,22H2,1-2H3,(H2,44,55)(H2,45,57)(H,49,56)(H,51,60)(H,52,58)(H,53,59)(H4,46,47,48)/t29-,30-,31-,32-/m0/s1. The number of hydrogen-bond acceptors (Lipinski definition) is 9. The summed E-state index contributed by atoms with van der Waals surface area (Å²) in [7, 11) is 0. The van der Waals surface area contributed by atoms with E-state index in [2.05, 4.69) is 31.2 Å². The Labute approximate surface area is 356 Å². The van der Waals surface area contributed by atoms with Crippen molar-refractivity contribution in [1.82, 2.24) is 31.0 Å². The molecule has 0 spiro atoms. The molecular weight excluding hydrogens is 813 g/mol. The van der Waals surface area contributed by atoms with E-state index in [9.17, 15) is 33.2 Å². The van der Waals surface area contributed by atoms with Crippen LogP contribution in [0.1, 0.15) is 51.5 Å². The van der Waals surface area contributed by atoms with Crippen molar-refractivity contribution in [1.29, 1.82) is 0 Å². The Bertz CT molecular complexity index is 2200. The van der Waals surface area contributed by atoms with Crippen molar-refractivity contribution in [2.75, 3.05) is 13.2 Å². The molecule has 0 aliphatic heterocycles. The van der Waals surface area contributed by atoms with Crippen molar-refractivity contribution in [3.05, 3.63) is 89.2 Å². The van der Waals surface area contributed by atoms with Gasteiger partial charge in [-0.3, -0.25) is 33.8 Å². The maximum atomic E-state index is 13.9. The van der Waals surface area contributed by atoms with Gasteiger partial charge in [-0.1, -0.05) is 67.9 Å². The fourth-order valence-electron chi connectivity index (χ4n) is 6.20. The van der Waals surface area contributed by atoms with Gasteiger partial charge in [0.15, 0.2) is 11.8 Å². The third-order valence-corrected chi connectivity index (χ3v) is 9.38. The molecule has 0 aliphatic rings. The highest BCUT2D eigenvalue weighted by Crippen LogP contribution is 2.26. The van der Waals surface area contributed by atoms with Gasteiger partial charge in [0.05, 0.1) is 18.4 Å². The van der Waals surface area contributed by atoms with Crippen LogP contribution in [0.5, 0.6) is 0 Å². The van der Waals surface area contributed by atoms with Gasteiger partial charge in [-0.05, 0) is 61.1 Å². The second kappa shape index (κ2) is 22.6. The number of nitrogens with zero attached hydrogens (tertiary/aromatic N) is 3. The van der Waals surface area contributed by atoms with E-state index in [-0.39, 0.29) is 57.1 Å². The Morgan fingerprint density at radius 3 is 2.10 bits per heavy atom. The molecule has 61 heavy (non-hydrogen) atoms. The highest BCUT2D eigenvalue weighted by atomic mass is 35.5. The average molecular weight is 864 g/mol. The summed E-state index contributed by atoms with van der Waals surface area (Å²) in [4.78, 5) is 93.4. The number of aliphatic imine (C=N–C) groups is 1. The second-order valence-electron chi connectivity index (χ2n) is 14.6. The summed E-state index contributed by atoms with van der Waals surface area (Å²) in [5.74, 6) is -5.33. The van der Waals surface area contributed by atoms with Gasteiger partial charge in [0.25, 0.3) is 0 Å². The molecule has 0 aliphatic carbocycles. The van der Waals surface area contributed by atoms with E-state index in [1.807, 2.05) is 30.3 Å². The van der Waals surface area contributed by atoms with Crippen LogP contribution in [0.3, 0.4) is 0 Å². The summed E-state index contributed by atoms with van der Waals surface area (Å²) < 4.78 is 14.9. The molecule has 3 aromatic carbocycles. The number of primary amides is 2. The summed E-state index contributed by atoms with van der Waals surface area (Å²) in [6.45, 7) is 3.59. The van der Waals surface area contributed by atoms with Gasteiger partial charge in [0, 0.05) is 23.6 Å². The number of halogens is 2. The summed E-state index contributed by atoms with van der Waals surface area (Å²) in [5.41, 5.74) is 24.3. The molecule has 0 radical (unpaired) electrons. The Balaban J connectivity index is 1.47. The van der Waals surface area contributed by atoms with Gasteiger partial charge in [0.2, 0.25) is 35.4 Å². The predicted octanol–water partition coefficient (Wildman–Crippen LogP) is 0.957. The highest BCUT2D eigenvalue weighted by Gasteiger charge is 2.32. The number of imidazole rings is 1. The van der Waals surface area contributed by atoms with E-state index in [1.54, 1.807) is 32.0 Å². The van der Waals surface area contributed by atoms with Gasteiger partial charge in [-0.2, -0.15) is 4.73 Å². The van der Waals surface area contributed by atoms with Gasteiger partial charge in [-0.25, -0.2) is 9.37 Å². The minimum atomic E-state index is -1.58. The molecule has 1 aromatic heterocycles. The lowest BCUT2D eigenvalue weighted by Crippen LogP contribution is -2.59. The zero-order valence-corrected chi connectivity index (χ0v) is 34.5. The number of fused-ring (bicyclic) bond motifs is 1. The molecule has 1 heterocycles. The Morgan fingerprint density at radius 2 is 1.46 bits per heavy atom. The lowest BCUT2D eigenvalue weighted by molar-refractivity contribution is -0.135. The number of rotatable bonds is 23. The van der Waals surface area contributed by atoms with E-state index in [0.29, 0.717) is 27.4 Å². The normalized spacial score (nSPS) is 13.0. The number of nitrogens with two attached hydrogens (primary N) is 4. The van der Waals surface area contributed by atoms with Crippen molar-refractivity contribution in [3.63, 3.8) is 0 Å². The molecule has 6 amide bonds. The Kier molecular flexibility index (Phi) is 17.4. The first-order chi connectivity index (χ1) is 29.0. The number of carbonyl (C=O) groups is 6. The van der Waals surface area contributed by atoms with Crippen molar-refractivity contribution < 1.29 is 38.0 Å². The van der Waals surface area contributed by atoms with Gasteiger partial charge >= 0.3 is 0 Å². The number of guanidine groups is 1. The maximum absolute atomic E-state index is 13.9. The van der Waals surface area contributed by atoms with Gasteiger partial charge < -0.3 is 49.0 Å². The molecule has 12 N–H and O–H groups in total. The van der Waals surface area contributed by atoms with E-state index in [1.165, 1.54) is 29.0 Å². The summed E-state index contributed by atoms with van der Waals surface area (Å²) in [6.07, 6.45) is -0.579. The number of nitrogens with one attached hydrogen (secondary N) is 4. The summed E-state index contributed by atoms with van der Waals surface area (Å²) in [5, 5.41) is 10.7. The van der Waals surface area contributed by atoms with E-state index < -0.39 is 71.8 Å². The SMILES string of the molecule is CC(C)C[C@H](NC(=O)[C@H](CCCN=C(N)N)NC(=O)CCOn1c(-c2ccccc2)nc2ccc(Cl)cc21)C(=O)N[C@@H](CC(N)=O)C(=O)N[C@@H](Cc1ccc(F)cc1)C(N)=O. The summed E-state index contributed by atoms with van der Waals surface area (Å²) >= 11 is 6.28. The minimum absolute atomic E-state index is 0.0588. The van der Waals surface area contributed by atoms with Gasteiger partial charge in [-0.15, -0.1) is 0 Å². The van der Waals surface area contributed by atoms with Crippen molar-refractivity contribution in [2.45, 2.75) is 76.5 Å². The quantitative estimate of drug-likeness (QED) is 0.0297. The van der Waals surface area contributed by atoms with Crippen LogP contribution in [0.25, 0.3) is 22.4 Å². The summed E-state index contributed by atoms with van der Waals surface area (Å²) in [6, 6.07) is 14.3. The third kappa shape index (κ3) is 14.8. The maximum Gasteiger partial charge on any atom is 0.243 e. The zero-order valence-electron chi connectivity index (χ0n) is 33.7. The lowest BCUT2D eigenvalue weighted by atomic mass is 10.0. The molecule has 0 bridgehead atoms. The largest absolute Gasteiger partial charge is 0.411 e. The molecule has 4 aromatic rings. The van der Waals surface area contributed by atoms with Crippen LogP contribution in [0.4, 0.5) is 4.39 Å². The predicted molar refractivity (Wildman–Crippen MR) is 226 cm³/mol. The monoisotopic (exact) mass is 863 g/mol. The smallest absolute Gasteiger partial charge is 0.243 e. The van der Waals surface area contributed by atoms with Crippen LogP contribution in [-0.2, 0) is 35.2 Å². The van der Waals surface area contributed by atoms with E-state index in [0.717, 1.165) is 5.56 Å². The number of carbonyl (C=O) groups excluding carboxylic acids is 6. The molecule has 0 unspecified atom stereocenters. The van der Waals surface area contributed by atoms with Crippen molar-refractivity contribution in [2.24, 2.45) is 33.8 Å². The average Bonchev–Trinajstić information content (AvgIpc) is 3.56. The molecule has 0 saturated carbocycles. The minimum Gasteiger partial charge on any atom is -0.411 e. The van der Waals surface area contributed by atoms with Crippen molar-refractivity contribution >= 4 is 64.0 Å². The lowest BCUT2D eigenvalue weighted by Gasteiger charge is -2.26. The number of benzene rings is 3. The molecule has 326 valence electrons. The molecule has 4 atom stereocenters. The molecule has 0 fully saturated rings. The van der Waals surface area contributed by atoms with Gasteiger partial charge in [0.1, 0.15) is 42.1 Å². The first-order valence-electron chi connectivity index (χ1n) is 19.4. The van der Waals surface area contributed by atoms with Crippen LogP contribution >= 0.6 is 11.6 Å². The highest BCUT2D eigenvalue weighted by molar-refractivity contribution is 6.31. The van der Waals surface area contributed by atoms with Crippen LogP contribution < -0.4 is 49.0 Å². The molecule has 20 heteroatoms. The molecule has 18 nitrogen and oxygen atoms in total. The third-order valence-electron chi connectivity index (χ3n) is 9.14. The number of hydrogen-bond donors (Lipinski definition) is 8. The first-order valence-corrected chi connectivity index (χ1v) is 19.8. The molecular formula is C41H51ClFN11O7. The van der Waals surface area contributed by atoms with Crippen LogP contribution in [-0.4, -0.2) is 88.4 Å². The van der Waals surface area contributed by atoms with Crippen LogP contribution in [0, 0.1) is 11.7 Å². The van der Waals surface area contributed by atoms with E-state index >= 15 is 0 Å². The zero-order chi connectivity index (χ0) is 44.6. The van der Waals surface area contributed by atoms with Crippen LogP contribution in [0.2, 0.25) is 5.02 Å². The Hall–Kier alpha value is -6.76. The topological polar surface area (TPSA) is 294 Å². The number of aromatic nitrogens is 2. The number of amides is 6. The van der Waals surface area contributed by atoms with Crippen molar-refractivity contribution in [3.8, 4) is 11.4 Å². The first kappa shape index (κ1) is 46.9. The molecule has 4 rings (SSSR count). The fourth-order valence-corrected chi connectivity index (χ4v) is 6.37. The second-order valence-corrected chi connectivity index (χ2v) is 15.0.